The van der Waals surface area contributed by atoms with E-state index in [0.717, 1.165) is 41.5 Å². The van der Waals surface area contributed by atoms with Crippen LogP contribution in [-0.2, 0) is 85.6 Å². The van der Waals surface area contributed by atoms with E-state index < -0.39 is 116 Å². The molecule has 3 saturated heterocycles. The molecule has 0 aromatic heterocycles. The van der Waals surface area contributed by atoms with E-state index in [1.807, 2.05) is 0 Å². The molecule has 0 saturated carbocycles. The van der Waals surface area contributed by atoms with Gasteiger partial charge in [0.1, 0.15) is 31.5 Å². The van der Waals surface area contributed by atoms with Gasteiger partial charge >= 0.3 is 35.8 Å². The average molecular weight is 651 g/mol. The minimum absolute atomic E-state index is 0.445. The number of ether oxygens (including phenoxy) is 12. The summed E-state index contributed by atoms with van der Waals surface area (Å²) in [7, 11) is 1.31. The lowest BCUT2D eigenvalue weighted by Crippen LogP contribution is -2.66. The van der Waals surface area contributed by atoms with E-state index in [9.17, 15) is 28.8 Å². The number of carbonyl (C=O) groups excluding carboxylic acids is 6. The molecule has 0 aliphatic carbocycles. The number of fused-ring (bicyclic) bond motifs is 1. The Kier molecular flexibility index (Phi) is 12.2. The summed E-state index contributed by atoms with van der Waals surface area (Å²) >= 11 is 0. The fraction of sp³-hybridized carbons (Fsp3) is 0.778. The Hall–Kier alpha value is -3.42. The van der Waals surface area contributed by atoms with Crippen LogP contribution in [0.2, 0.25) is 0 Å². The topological polar surface area (TPSA) is 213 Å². The van der Waals surface area contributed by atoms with Crippen LogP contribution in [0.5, 0.6) is 0 Å². The number of carbonyl (C=O) groups is 6. The van der Waals surface area contributed by atoms with Gasteiger partial charge in [-0.15, -0.1) is 0 Å². The van der Waals surface area contributed by atoms with Gasteiger partial charge in [0.25, 0.3) is 5.97 Å². The van der Waals surface area contributed by atoms with Crippen LogP contribution in [0.4, 0.5) is 0 Å². The molecule has 0 radical (unpaired) electrons. The second-order valence-corrected chi connectivity index (χ2v) is 10.4. The van der Waals surface area contributed by atoms with Gasteiger partial charge in [-0.1, -0.05) is 0 Å². The van der Waals surface area contributed by atoms with Crippen LogP contribution in [-0.4, -0.2) is 124 Å². The summed E-state index contributed by atoms with van der Waals surface area (Å²) in [5.74, 6) is -6.35. The number of methoxy groups -OCH3 is 1. The Morgan fingerprint density at radius 1 is 0.578 bits per heavy atom. The standard InChI is InChI=1S/C27H38O18/c1-11(28)35-9-17-19(37-13(3)30)21(38-14(4)31)23(40-16(6)33)25(41-17)43-20-18(10-36-12(2)29)42-26-24(22(20)39-15(5)32)44-27(7,34-8)45-26/h17-26H,9-10H2,1-8H3/t17-,18-,19-,20-,21+,22+,23-,24-,25-,26?,27?/m1/s1. The van der Waals surface area contributed by atoms with E-state index in [2.05, 4.69) is 0 Å². The molecule has 11 atom stereocenters. The van der Waals surface area contributed by atoms with Crippen LogP contribution in [0.15, 0.2) is 0 Å². The number of hydrogen-bond acceptors (Lipinski definition) is 18. The summed E-state index contributed by atoms with van der Waals surface area (Å²) in [4.78, 5) is 72.2. The first-order valence-electron chi connectivity index (χ1n) is 13.9. The molecular formula is C27H38O18. The van der Waals surface area contributed by atoms with Crippen molar-refractivity contribution in [3.05, 3.63) is 0 Å². The van der Waals surface area contributed by atoms with Gasteiger partial charge in [0.05, 0.1) is 0 Å². The van der Waals surface area contributed by atoms with Gasteiger partial charge in [0.15, 0.2) is 43.1 Å². The summed E-state index contributed by atoms with van der Waals surface area (Å²) in [6.07, 6.45) is -14.0. The first kappa shape index (κ1) is 36.1. The first-order valence-corrected chi connectivity index (χ1v) is 13.9. The Morgan fingerprint density at radius 3 is 1.53 bits per heavy atom. The zero-order chi connectivity index (χ0) is 33.6. The summed E-state index contributed by atoms with van der Waals surface area (Å²) in [6, 6.07) is 0. The largest absolute Gasteiger partial charge is 0.463 e. The molecule has 0 spiro atoms. The van der Waals surface area contributed by atoms with Crippen molar-refractivity contribution in [3.63, 3.8) is 0 Å². The summed E-state index contributed by atoms with van der Waals surface area (Å²) < 4.78 is 67.3. The van der Waals surface area contributed by atoms with Crippen molar-refractivity contribution in [3.8, 4) is 0 Å². The molecule has 0 N–H and O–H groups in total. The molecule has 254 valence electrons. The van der Waals surface area contributed by atoms with Crippen molar-refractivity contribution >= 4 is 35.8 Å². The second-order valence-electron chi connectivity index (χ2n) is 10.4. The SMILES string of the molecule is COC1(C)OC2O[C@H](COC(C)=O)[C@@H](O[C@H]3O[C@H](COC(C)=O)[C@@H](OC(C)=O)[C@H](OC(C)=O)[C@H]3OC(C)=O)[C@H](OC(C)=O)[C@H]2O1. The molecular weight excluding hydrogens is 612 g/mol. The molecule has 3 heterocycles. The van der Waals surface area contributed by atoms with E-state index in [1.54, 1.807) is 0 Å². The predicted molar refractivity (Wildman–Crippen MR) is 139 cm³/mol. The van der Waals surface area contributed by atoms with Gasteiger partial charge < -0.3 is 52.1 Å². The van der Waals surface area contributed by atoms with Gasteiger partial charge in [-0.2, -0.15) is 0 Å². The summed E-state index contributed by atoms with van der Waals surface area (Å²) in [6.45, 7) is 7.08. The third-order valence-corrected chi connectivity index (χ3v) is 6.63. The van der Waals surface area contributed by atoms with Crippen LogP contribution >= 0.6 is 0 Å². The van der Waals surface area contributed by atoms with Crippen molar-refractivity contribution in [2.75, 3.05) is 20.3 Å². The first-order chi connectivity index (χ1) is 21.0. The highest BCUT2D eigenvalue weighted by Crippen LogP contribution is 2.41. The minimum Gasteiger partial charge on any atom is -0.463 e. The molecule has 18 heteroatoms. The van der Waals surface area contributed by atoms with E-state index in [0.29, 0.717) is 0 Å². The fourth-order valence-electron chi connectivity index (χ4n) is 4.96. The molecule has 45 heavy (non-hydrogen) atoms. The van der Waals surface area contributed by atoms with Crippen molar-refractivity contribution in [2.45, 2.75) is 116 Å². The van der Waals surface area contributed by atoms with Gasteiger partial charge in [-0.05, 0) is 0 Å². The lowest BCUT2D eigenvalue weighted by Gasteiger charge is -2.47. The van der Waals surface area contributed by atoms with Crippen LogP contribution in [0.25, 0.3) is 0 Å². The predicted octanol–water partition coefficient (Wildman–Crippen LogP) is -0.590. The highest BCUT2D eigenvalue weighted by atomic mass is 16.9. The zero-order valence-electron chi connectivity index (χ0n) is 26.0. The third-order valence-electron chi connectivity index (χ3n) is 6.63. The van der Waals surface area contributed by atoms with E-state index >= 15 is 0 Å². The van der Waals surface area contributed by atoms with Gasteiger partial charge in [-0.3, -0.25) is 33.5 Å². The maximum absolute atomic E-state index is 12.3. The normalized spacial score (nSPS) is 35.7. The molecule has 3 rings (SSSR count). The number of rotatable bonds is 11. The van der Waals surface area contributed by atoms with E-state index in [1.165, 1.54) is 14.0 Å². The van der Waals surface area contributed by atoms with E-state index in [-0.39, 0.29) is 0 Å². The fourth-order valence-corrected chi connectivity index (χ4v) is 4.96. The van der Waals surface area contributed by atoms with Crippen molar-refractivity contribution < 1.29 is 85.6 Å². The quantitative estimate of drug-likeness (QED) is 0.202. The Bertz CT molecular complexity index is 1130. The Morgan fingerprint density at radius 2 is 1.04 bits per heavy atom. The average Bonchev–Trinajstić information content (AvgIpc) is 3.26. The second kappa shape index (κ2) is 15.2. The third kappa shape index (κ3) is 9.54. The summed E-state index contributed by atoms with van der Waals surface area (Å²) in [5.41, 5.74) is 0. The smallest absolute Gasteiger partial charge is 0.303 e. The van der Waals surface area contributed by atoms with Crippen LogP contribution < -0.4 is 0 Å². The maximum atomic E-state index is 12.3. The highest BCUT2D eigenvalue weighted by molar-refractivity contribution is 5.69. The molecule has 0 bridgehead atoms. The molecule has 3 fully saturated rings. The van der Waals surface area contributed by atoms with Gasteiger partial charge in [0, 0.05) is 55.6 Å². The maximum Gasteiger partial charge on any atom is 0.303 e. The zero-order valence-corrected chi connectivity index (χ0v) is 26.0. The van der Waals surface area contributed by atoms with Crippen LogP contribution in [0, 0.1) is 0 Å². The molecule has 3 aliphatic rings. The van der Waals surface area contributed by atoms with Gasteiger partial charge in [0.2, 0.25) is 0 Å². The monoisotopic (exact) mass is 650 g/mol. The Labute approximate surface area is 258 Å². The molecule has 0 aromatic rings. The summed E-state index contributed by atoms with van der Waals surface area (Å²) in [5, 5.41) is 0. The highest BCUT2D eigenvalue weighted by Gasteiger charge is 2.61. The van der Waals surface area contributed by atoms with Gasteiger partial charge in [-0.25, -0.2) is 0 Å². The lowest BCUT2D eigenvalue weighted by molar-refractivity contribution is -0.350. The van der Waals surface area contributed by atoms with Crippen molar-refractivity contribution in [1.29, 1.82) is 0 Å². The molecule has 3 aliphatic heterocycles. The van der Waals surface area contributed by atoms with Crippen molar-refractivity contribution in [1.82, 2.24) is 0 Å². The molecule has 18 nitrogen and oxygen atoms in total. The van der Waals surface area contributed by atoms with Crippen LogP contribution in [0.3, 0.4) is 0 Å². The Balaban J connectivity index is 2.09. The molecule has 2 unspecified atom stereocenters. The lowest BCUT2D eigenvalue weighted by atomic mass is 9.96. The van der Waals surface area contributed by atoms with Crippen LogP contribution in [0.1, 0.15) is 48.5 Å². The van der Waals surface area contributed by atoms with Crippen molar-refractivity contribution in [2.24, 2.45) is 0 Å². The molecule has 0 amide bonds. The number of esters is 6. The molecule has 0 aromatic carbocycles. The number of hydrogen-bond donors (Lipinski definition) is 0. The van der Waals surface area contributed by atoms with E-state index in [4.69, 9.17) is 56.8 Å². The minimum atomic E-state index is -1.69.